The van der Waals surface area contributed by atoms with E-state index in [-0.39, 0.29) is 35.2 Å². The largest absolute Gasteiger partial charge is 0.492 e. The molecule has 5 rings (SSSR count). The van der Waals surface area contributed by atoms with Crippen molar-refractivity contribution >= 4 is 31.6 Å². The van der Waals surface area contributed by atoms with Crippen molar-refractivity contribution in [2.75, 3.05) is 50.3 Å². The molecule has 0 bridgehead atoms. The Morgan fingerprint density at radius 3 is 2.23 bits per heavy atom. The Kier molecular flexibility index (Phi) is 8.26. The Hall–Kier alpha value is -3.65. The number of ether oxygens (including phenoxy) is 3. The van der Waals surface area contributed by atoms with Gasteiger partial charge in [-0.15, -0.1) is 0 Å². The van der Waals surface area contributed by atoms with E-state index < -0.39 is 32.1 Å². The van der Waals surface area contributed by atoms with E-state index in [0.29, 0.717) is 37.7 Å². The van der Waals surface area contributed by atoms with Crippen LogP contribution in [0.25, 0.3) is 0 Å². The lowest BCUT2D eigenvalue weighted by atomic mass is 10.2. The average molecular weight is 588 g/mol. The first-order valence-corrected chi connectivity index (χ1v) is 15.6. The smallest absolute Gasteiger partial charge is 0.264 e. The maximum absolute atomic E-state index is 13.4. The van der Waals surface area contributed by atoms with Crippen molar-refractivity contribution < 1.29 is 35.8 Å². The Morgan fingerprint density at radius 2 is 1.50 bits per heavy atom. The van der Waals surface area contributed by atoms with Crippen molar-refractivity contribution in [1.82, 2.24) is 9.62 Å². The lowest BCUT2D eigenvalue weighted by molar-refractivity contribution is -0.127. The van der Waals surface area contributed by atoms with Crippen LogP contribution < -0.4 is 19.1 Å². The minimum atomic E-state index is -3.93. The normalized spacial score (nSPS) is 17.9. The van der Waals surface area contributed by atoms with Crippen molar-refractivity contribution in [3.05, 3.63) is 78.9 Å². The van der Waals surface area contributed by atoms with Gasteiger partial charge in [0, 0.05) is 13.1 Å². The monoisotopic (exact) mass is 587 g/mol. The number of carbonyl (C=O) groups excluding carboxylic acids is 1. The number of sulfonamides is 2. The predicted octanol–water partition coefficient (Wildman–Crippen LogP) is 1.86. The average Bonchev–Trinajstić information content (AvgIpc) is 2.99. The Bertz CT molecular complexity index is 1540. The van der Waals surface area contributed by atoms with Gasteiger partial charge in [-0.2, -0.15) is 4.31 Å². The Balaban J connectivity index is 1.18. The van der Waals surface area contributed by atoms with Crippen LogP contribution in [-0.4, -0.2) is 79.2 Å². The van der Waals surface area contributed by atoms with Gasteiger partial charge in [0.05, 0.1) is 41.8 Å². The summed E-state index contributed by atoms with van der Waals surface area (Å²) < 4.78 is 71.6. The Labute approximate surface area is 233 Å². The summed E-state index contributed by atoms with van der Waals surface area (Å²) in [6, 6.07) is 20.8. The molecule has 0 unspecified atom stereocenters. The molecule has 0 saturated carbocycles. The number of nitrogens with zero attached hydrogens (tertiary/aromatic N) is 2. The number of amides is 1. The van der Waals surface area contributed by atoms with E-state index in [9.17, 15) is 21.6 Å². The van der Waals surface area contributed by atoms with Gasteiger partial charge in [-0.25, -0.2) is 16.8 Å². The van der Waals surface area contributed by atoms with Gasteiger partial charge < -0.3 is 19.5 Å². The van der Waals surface area contributed by atoms with Crippen LogP contribution in [0.1, 0.15) is 0 Å². The zero-order chi connectivity index (χ0) is 28.2. The molecule has 0 aromatic heterocycles. The third-order valence-electron chi connectivity index (χ3n) is 6.46. The minimum Gasteiger partial charge on any atom is -0.492 e. The summed E-state index contributed by atoms with van der Waals surface area (Å²) in [5.41, 5.74) is 0.359. The van der Waals surface area contributed by atoms with Gasteiger partial charge >= 0.3 is 0 Å². The molecule has 1 saturated heterocycles. The number of carbonyl (C=O) groups is 1. The van der Waals surface area contributed by atoms with Gasteiger partial charge in [0.1, 0.15) is 18.1 Å². The first kappa shape index (κ1) is 27.9. The van der Waals surface area contributed by atoms with E-state index in [4.69, 9.17) is 14.2 Å². The van der Waals surface area contributed by atoms with Crippen LogP contribution in [0, 0.1) is 0 Å². The topological polar surface area (TPSA) is 132 Å². The van der Waals surface area contributed by atoms with Crippen molar-refractivity contribution in [3.63, 3.8) is 0 Å². The van der Waals surface area contributed by atoms with Crippen LogP contribution in [0.3, 0.4) is 0 Å². The molecule has 3 aromatic rings. The maximum Gasteiger partial charge on any atom is 0.264 e. The first-order chi connectivity index (χ1) is 19.3. The molecule has 0 aliphatic carbocycles. The second-order valence-electron chi connectivity index (χ2n) is 9.05. The molecule has 1 fully saturated rings. The number of morpholine rings is 1. The second-order valence-corrected chi connectivity index (χ2v) is 12.9. The number of hydrogen-bond donors (Lipinski definition) is 1. The van der Waals surface area contributed by atoms with E-state index >= 15 is 0 Å². The lowest BCUT2D eigenvalue weighted by Crippen LogP contribution is -2.51. The van der Waals surface area contributed by atoms with Crippen molar-refractivity contribution in [2.45, 2.75) is 15.9 Å². The maximum atomic E-state index is 13.4. The van der Waals surface area contributed by atoms with Gasteiger partial charge in [0.2, 0.25) is 10.0 Å². The molecule has 1 N–H and O–H groups in total. The molecule has 11 nitrogen and oxygen atoms in total. The summed E-state index contributed by atoms with van der Waals surface area (Å²) in [4.78, 5) is 13.2. The summed E-state index contributed by atoms with van der Waals surface area (Å²) in [5, 5.41) is 2.72. The number of para-hydroxylation sites is 2. The van der Waals surface area contributed by atoms with Gasteiger partial charge in [0.15, 0.2) is 6.10 Å². The quantitative estimate of drug-likeness (QED) is 0.376. The SMILES string of the molecule is O=C(NCCOc1ccc(S(=O)(=O)N2CCOCC2)cc1)[C@H]1CN(S(=O)(=O)c2ccccc2)c2ccccc2O1. The number of rotatable bonds is 9. The van der Waals surface area contributed by atoms with E-state index in [1.54, 1.807) is 54.6 Å². The summed E-state index contributed by atoms with van der Waals surface area (Å²) in [6.07, 6.45) is -1.07. The highest BCUT2D eigenvalue weighted by atomic mass is 32.2. The highest BCUT2D eigenvalue weighted by Crippen LogP contribution is 2.36. The highest BCUT2D eigenvalue weighted by Gasteiger charge is 2.37. The number of anilines is 1. The van der Waals surface area contributed by atoms with Crippen LogP contribution >= 0.6 is 0 Å². The molecule has 0 radical (unpaired) electrons. The van der Waals surface area contributed by atoms with Gasteiger partial charge in [0.25, 0.3) is 15.9 Å². The van der Waals surface area contributed by atoms with Crippen molar-refractivity contribution in [3.8, 4) is 11.5 Å². The molecule has 2 heterocycles. The molecule has 3 aromatic carbocycles. The van der Waals surface area contributed by atoms with E-state index in [2.05, 4.69) is 5.32 Å². The van der Waals surface area contributed by atoms with Crippen molar-refractivity contribution in [2.24, 2.45) is 0 Å². The van der Waals surface area contributed by atoms with Crippen LogP contribution in [0.15, 0.2) is 88.7 Å². The summed E-state index contributed by atoms with van der Waals surface area (Å²) in [6.45, 7) is 1.39. The number of hydrogen-bond acceptors (Lipinski definition) is 8. The Morgan fingerprint density at radius 1 is 0.850 bits per heavy atom. The molecular weight excluding hydrogens is 558 g/mol. The zero-order valence-corrected chi connectivity index (χ0v) is 23.1. The predicted molar refractivity (Wildman–Crippen MR) is 146 cm³/mol. The summed E-state index contributed by atoms with van der Waals surface area (Å²) in [5.74, 6) is 0.244. The van der Waals surface area contributed by atoms with Crippen LogP contribution in [-0.2, 0) is 29.6 Å². The first-order valence-electron chi connectivity index (χ1n) is 12.7. The van der Waals surface area contributed by atoms with E-state index in [0.717, 1.165) is 0 Å². The fraction of sp³-hybridized carbons (Fsp3) is 0.296. The molecular formula is C27H29N3O8S2. The third kappa shape index (κ3) is 5.92. The highest BCUT2D eigenvalue weighted by molar-refractivity contribution is 7.92. The minimum absolute atomic E-state index is 0.108. The second kappa shape index (κ2) is 11.8. The van der Waals surface area contributed by atoms with Gasteiger partial charge in [-0.1, -0.05) is 30.3 Å². The fourth-order valence-electron chi connectivity index (χ4n) is 4.39. The van der Waals surface area contributed by atoms with Crippen molar-refractivity contribution in [1.29, 1.82) is 0 Å². The fourth-order valence-corrected chi connectivity index (χ4v) is 7.29. The number of fused-ring (bicyclic) bond motifs is 1. The molecule has 0 spiro atoms. The summed E-state index contributed by atoms with van der Waals surface area (Å²) in [7, 11) is -7.53. The molecule has 40 heavy (non-hydrogen) atoms. The molecule has 2 aliphatic rings. The number of benzene rings is 3. The van der Waals surface area contributed by atoms with Crippen LogP contribution in [0.4, 0.5) is 5.69 Å². The molecule has 1 atom stereocenters. The standard InChI is InChI=1S/C27H29N3O8S2/c31-27(28-14-17-37-21-10-12-23(13-11-21)39(32,33)29-15-18-36-19-16-29)26-20-30(24-8-4-5-9-25(24)38-26)40(34,35)22-6-2-1-3-7-22/h1-13,26H,14-20H2,(H,28,31)/t26-/m1/s1. The van der Waals surface area contributed by atoms with Crippen LogP contribution in [0.2, 0.25) is 0 Å². The van der Waals surface area contributed by atoms with Crippen LogP contribution in [0.5, 0.6) is 11.5 Å². The van der Waals surface area contributed by atoms with Gasteiger partial charge in [-0.3, -0.25) is 9.10 Å². The lowest BCUT2D eigenvalue weighted by Gasteiger charge is -2.34. The molecule has 1 amide bonds. The van der Waals surface area contributed by atoms with E-state index in [1.165, 1.54) is 32.9 Å². The molecule has 212 valence electrons. The molecule has 2 aliphatic heterocycles. The zero-order valence-electron chi connectivity index (χ0n) is 21.5. The van der Waals surface area contributed by atoms with E-state index in [1.807, 2.05) is 0 Å². The number of nitrogens with one attached hydrogen (secondary N) is 1. The van der Waals surface area contributed by atoms with Gasteiger partial charge in [-0.05, 0) is 48.5 Å². The molecule has 13 heteroatoms. The third-order valence-corrected chi connectivity index (χ3v) is 10.2. The summed E-state index contributed by atoms with van der Waals surface area (Å²) >= 11 is 0.